The highest BCUT2D eigenvalue weighted by molar-refractivity contribution is 5.64. The Labute approximate surface area is 115 Å². The van der Waals surface area contributed by atoms with E-state index in [-0.39, 0.29) is 10.6 Å². The number of nitro groups is 1. The van der Waals surface area contributed by atoms with Crippen LogP contribution in [0.3, 0.4) is 0 Å². The average molecular weight is 274 g/mol. The second kappa shape index (κ2) is 5.20. The highest BCUT2D eigenvalue weighted by atomic mass is 16.6. The van der Waals surface area contributed by atoms with Crippen LogP contribution in [0.1, 0.15) is 5.69 Å². The van der Waals surface area contributed by atoms with Crippen LogP contribution in [0, 0.1) is 10.1 Å². The molecule has 1 aliphatic rings. The van der Waals surface area contributed by atoms with E-state index >= 15 is 0 Å². The minimum Gasteiger partial charge on any atom is -0.490 e. The van der Waals surface area contributed by atoms with Gasteiger partial charge in [0, 0.05) is 31.3 Å². The molecule has 7 nitrogen and oxygen atoms in total. The smallest absolute Gasteiger partial charge is 0.271 e. The van der Waals surface area contributed by atoms with E-state index in [1.807, 2.05) is 6.20 Å². The fraction of sp³-hybridized carbons (Fsp3) is 0.308. The molecule has 1 aromatic carbocycles. The van der Waals surface area contributed by atoms with Crippen molar-refractivity contribution in [1.82, 2.24) is 9.97 Å². The maximum absolute atomic E-state index is 10.9. The Kier molecular flexibility index (Phi) is 3.24. The van der Waals surface area contributed by atoms with Crippen LogP contribution in [0.2, 0.25) is 0 Å². The monoisotopic (exact) mass is 274 g/mol. The molecule has 2 heterocycles. The van der Waals surface area contributed by atoms with Gasteiger partial charge in [-0.3, -0.25) is 10.1 Å². The summed E-state index contributed by atoms with van der Waals surface area (Å²) in [5, 5.41) is 10.9. The van der Waals surface area contributed by atoms with Crippen LogP contribution >= 0.6 is 0 Å². The molecule has 0 saturated heterocycles. The highest BCUT2D eigenvalue weighted by Gasteiger charge is 2.21. The number of anilines is 1. The van der Waals surface area contributed by atoms with Crippen LogP contribution in [-0.4, -0.2) is 34.6 Å². The molecule has 2 aromatic rings. The summed E-state index contributed by atoms with van der Waals surface area (Å²) in [7, 11) is 0. The van der Waals surface area contributed by atoms with Gasteiger partial charge >= 0.3 is 0 Å². The topological polar surface area (TPSA) is 84.3 Å². The fourth-order valence-electron chi connectivity index (χ4n) is 2.28. The first-order valence-corrected chi connectivity index (χ1v) is 6.38. The summed E-state index contributed by atoms with van der Waals surface area (Å²) >= 11 is 0. The van der Waals surface area contributed by atoms with Crippen LogP contribution in [0.15, 0.2) is 30.7 Å². The Morgan fingerprint density at radius 3 is 3.15 bits per heavy atom. The maximum atomic E-state index is 10.9. The van der Waals surface area contributed by atoms with Crippen LogP contribution < -0.4 is 9.64 Å². The predicted octanol–water partition coefficient (Wildman–Crippen LogP) is 1.76. The van der Waals surface area contributed by atoms with E-state index in [9.17, 15) is 10.1 Å². The van der Waals surface area contributed by atoms with Gasteiger partial charge < -0.3 is 14.6 Å². The van der Waals surface area contributed by atoms with Gasteiger partial charge in [0.1, 0.15) is 12.4 Å². The number of aromatic amines is 1. The molecule has 7 heteroatoms. The Morgan fingerprint density at radius 2 is 2.40 bits per heavy atom. The van der Waals surface area contributed by atoms with Crippen molar-refractivity contribution in [3.8, 4) is 5.75 Å². The number of hydrogen-bond donors (Lipinski definition) is 1. The molecule has 0 bridgehead atoms. The zero-order chi connectivity index (χ0) is 13.9. The van der Waals surface area contributed by atoms with E-state index in [2.05, 4.69) is 14.9 Å². The molecule has 0 fully saturated rings. The molecule has 0 saturated carbocycles. The van der Waals surface area contributed by atoms with Gasteiger partial charge in [-0.1, -0.05) is 0 Å². The van der Waals surface area contributed by atoms with Crippen LogP contribution in [0.4, 0.5) is 11.4 Å². The Hall–Kier alpha value is -2.57. The zero-order valence-electron chi connectivity index (χ0n) is 10.8. The molecule has 0 amide bonds. The number of nitrogens with one attached hydrogen (secondary N) is 1. The molecule has 0 atom stereocenters. The molecule has 1 aromatic heterocycles. The molecule has 20 heavy (non-hydrogen) atoms. The van der Waals surface area contributed by atoms with Gasteiger partial charge in [-0.25, -0.2) is 4.98 Å². The Balaban J connectivity index is 1.80. The molecule has 1 N–H and O–H groups in total. The molecule has 0 radical (unpaired) electrons. The maximum Gasteiger partial charge on any atom is 0.271 e. The zero-order valence-corrected chi connectivity index (χ0v) is 10.8. The summed E-state index contributed by atoms with van der Waals surface area (Å²) in [6.45, 7) is 2.06. The molecular weight excluding hydrogens is 260 g/mol. The van der Waals surface area contributed by atoms with E-state index < -0.39 is 0 Å². The lowest BCUT2D eigenvalue weighted by Gasteiger charge is -2.30. The van der Waals surface area contributed by atoms with Crippen LogP contribution in [0.25, 0.3) is 0 Å². The quantitative estimate of drug-likeness (QED) is 0.678. The number of benzene rings is 1. The third kappa shape index (κ3) is 2.42. The van der Waals surface area contributed by atoms with Crippen molar-refractivity contribution in [2.24, 2.45) is 0 Å². The molecule has 1 aliphatic heterocycles. The standard InChI is InChI=1S/C13H14N4O3/c18-17(19)11-1-2-13-12(7-11)16(5-6-20-13)4-3-10-8-14-9-15-10/h1-2,7-9H,3-6H2,(H,14,15). The minimum atomic E-state index is -0.388. The fourth-order valence-corrected chi connectivity index (χ4v) is 2.28. The molecule has 3 rings (SSSR count). The number of nitro benzene ring substituents is 1. The summed E-state index contributed by atoms with van der Waals surface area (Å²) in [5.41, 5.74) is 1.84. The molecule has 0 spiro atoms. The number of imidazole rings is 1. The molecular formula is C13H14N4O3. The van der Waals surface area contributed by atoms with Crippen molar-refractivity contribution in [2.75, 3.05) is 24.6 Å². The Bertz CT molecular complexity index is 612. The lowest BCUT2D eigenvalue weighted by molar-refractivity contribution is -0.384. The Morgan fingerprint density at radius 1 is 1.50 bits per heavy atom. The first-order valence-electron chi connectivity index (χ1n) is 6.38. The number of H-pyrrole nitrogens is 1. The second-order valence-electron chi connectivity index (χ2n) is 4.56. The molecule has 104 valence electrons. The van der Waals surface area contributed by atoms with E-state index in [0.29, 0.717) is 12.4 Å². The summed E-state index contributed by atoms with van der Waals surface area (Å²) in [6.07, 6.45) is 4.29. The van der Waals surface area contributed by atoms with E-state index in [0.717, 1.165) is 30.9 Å². The normalized spacial score (nSPS) is 13.7. The number of fused-ring (bicyclic) bond motifs is 1. The molecule has 0 unspecified atom stereocenters. The summed E-state index contributed by atoms with van der Waals surface area (Å²) < 4.78 is 5.54. The number of rotatable bonds is 4. The van der Waals surface area contributed by atoms with Gasteiger partial charge in [-0.15, -0.1) is 0 Å². The number of nitrogens with zero attached hydrogens (tertiary/aromatic N) is 3. The largest absolute Gasteiger partial charge is 0.490 e. The van der Waals surface area contributed by atoms with Crippen molar-refractivity contribution in [3.05, 3.63) is 46.5 Å². The van der Waals surface area contributed by atoms with Gasteiger partial charge in [0.25, 0.3) is 5.69 Å². The second-order valence-corrected chi connectivity index (χ2v) is 4.56. The lowest BCUT2D eigenvalue weighted by atomic mass is 10.2. The third-order valence-corrected chi connectivity index (χ3v) is 3.31. The predicted molar refractivity (Wildman–Crippen MR) is 73.1 cm³/mol. The SMILES string of the molecule is O=[N+]([O-])c1ccc2c(c1)N(CCc1c[nH]cn1)CCO2. The van der Waals surface area contributed by atoms with Gasteiger partial charge in [0.05, 0.1) is 29.2 Å². The molecule has 0 aliphatic carbocycles. The summed E-state index contributed by atoms with van der Waals surface area (Å²) in [6, 6.07) is 4.70. The van der Waals surface area contributed by atoms with E-state index in [1.165, 1.54) is 6.07 Å². The van der Waals surface area contributed by atoms with E-state index in [4.69, 9.17) is 4.74 Å². The van der Waals surface area contributed by atoms with Crippen molar-refractivity contribution < 1.29 is 9.66 Å². The van der Waals surface area contributed by atoms with Crippen molar-refractivity contribution in [2.45, 2.75) is 6.42 Å². The van der Waals surface area contributed by atoms with Gasteiger partial charge in [0.15, 0.2) is 0 Å². The highest BCUT2D eigenvalue weighted by Crippen LogP contribution is 2.34. The van der Waals surface area contributed by atoms with Crippen molar-refractivity contribution >= 4 is 11.4 Å². The summed E-state index contributed by atoms with van der Waals surface area (Å²) in [4.78, 5) is 19.7. The number of ether oxygens (including phenoxy) is 1. The lowest BCUT2D eigenvalue weighted by Crippen LogP contribution is -2.34. The van der Waals surface area contributed by atoms with Crippen LogP contribution in [0.5, 0.6) is 5.75 Å². The van der Waals surface area contributed by atoms with Gasteiger partial charge in [0.2, 0.25) is 0 Å². The van der Waals surface area contributed by atoms with E-state index in [1.54, 1.807) is 18.5 Å². The van der Waals surface area contributed by atoms with Crippen LogP contribution in [-0.2, 0) is 6.42 Å². The first kappa shape index (κ1) is 12.5. The average Bonchev–Trinajstić information content (AvgIpc) is 2.97. The summed E-state index contributed by atoms with van der Waals surface area (Å²) in [5.74, 6) is 0.698. The van der Waals surface area contributed by atoms with Gasteiger partial charge in [-0.05, 0) is 6.07 Å². The number of aromatic nitrogens is 2. The number of non-ortho nitro benzene ring substituents is 1. The third-order valence-electron chi connectivity index (χ3n) is 3.31. The number of hydrogen-bond acceptors (Lipinski definition) is 5. The van der Waals surface area contributed by atoms with Gasteiger partial charge in [-0.2, -0.15) is 0 Å². The first-order chi connectivity index (χ1) is 9.74. The van der Waals surface area contributed by atoms with Crippen molar-refractivity contribution in [1.29, 1.82) is 0 Å². The minimum absolute atomic E-state index is 0.0824. The van der Waals surface area contributed by atoms with Crippen molar-refractivity contribution in [3.63, 3.8) is 0 Å².